The molecular formula is C28H28BrN5O4. The Balaban J connectivity index is 1.37. The van der Waals surface area contributed by atoms with Crippen molar-refractivity contribution in [3.05, 3.63) is 58.5 Å². The van der Waals surface area contributed by atoms with Crippen molar-refractivity contribution < 1.29 is 19.7 Å². The van der Waals surface area contributed by atoms with Crippen LogP contribution >= 0.6 is 15.9 Å². The Morgan fingerprint density at radius 2 is 1.87 bits per heavy atom. The first-order chi connectivity index (χ1) is 18.5. The van der Waals surface area contributed by atoms with Gasteiger partial charge in [0, 0.05) is 47.5 Å². The zero-order chi connectivity index (χ0) is 26.4. The number of nitrogens with zero attached hydrogens (tertiary/aromatic N) is 5. The minimum Gasteiger partial charge on any atom is -0.496 e. The van der Waals surface area contributed by atoms with Gasteiger partial charge in [0.1, 0.15) is 11.6 Å². The molecule has 1 aliphatic heterocycles. The third kappa shape index (κ3) is 4.41. The summed E-state index contributed by atoms with van der Waals surface area (Å²) >= 11 is 3.83. The number of fused-ring (bicyclic) bond motifs is 1. The molecule has 1 aromatic carbocycles. The number of methoxy groups -OCH3 is 1. The van der Waals surface area contributed by atoms with Crippen LogP contribution in [0.3, 0.4) is 0 Å². The lowest BCUT2D eigenvalue weighted by atomic mass is 9.80. The molecule has 10 heteroatoms. The lowest BCUT2D eigenvalue weighted by Gasteiger charge is -2.27. The summed E-state index contributed by atoms with van der Waals surface area (Å²) in [6, 6.07) is 9.62. The van der Waals surface area contributed by atoms with Gasteiger partial charge in [0.25, 0.3) is 0 Å². The molecule has 0 amide bonds. The molecule has 1 saturated carbocycles. The molecular weight excluding hydrogens is 550 g/mol. The van der Waals surface area contributed by atoms with E-state index in [2.05, 4.69) is 20.8 Å². The van der Waals surface area contributed by atoms with E-state index >= 15 is 0 Å². The topological polar surface area (TPSA) is 113 Å². The first-order valence-electron chi connectivity index (χ1n) is 12.8. The summed E-state index contributed by atoms with van der Waals surface area (Å²) in [6.07, 6.45) is 6.60. The first-order valence-corrected chi connectivity index (χ1v) is 13.6. The van der Waals surface area contributed by atoms with Crippen LogP contribution in [0, 0.1) is 5.92 Å². The maximum Gasteiger partial charge on any atom is 0.306 e. The van der Waals surface area contributed by atoms with E-state index in [1.54, 1.807) is 7.11 Å². The lowest BCUT2D eigenvalue weighted by Crippen LogP contribution is -2.21. The highest BCUT2D eigenvalue weighted by Crippen LogP contribution is 2.43. The van der Waals surface area contributed by atoms with Crippen molar-refractivity contribution in [1.29, 1.82) is 0 Å². The number of carbonyl (C=O) groups is 1. The van der Waals surface area contributed by atoms with Crippen LogP contribution in [-0.4, -0.2) is 56.0 Å². The molecule has 3 aromatic heterocycles. The van der Waals surface area contributed by atoms with Crippen LogP contribution in [0.15, 0.2) is 47.2 Å². The molecule has 0 spiro atoms. The molecule has 2 aliphatic rings. The first kappa shape index (κ1) is 24.8. The Hall–Kier alpha value is -3.50. The maximum absolute atomic E-state index is 11.5. The molecule has 196 valence electrons. The van der Waals surface area contributed by atoms with E-state index < -0.39 is 5.97 Å². The molecule has 2 N–H and O–H groups in total. The summed E-state index contributed by atoms with van der Waals surface area (Å²) in [6.45, 7) is 1.82. The third-order valence-corrected chi connectivity index (χ3v) is 8.38. The van der Waals surface area contributed by atoms with E-state index in [4.69, 9.17) is 19.8 Å². The molecule has 1 saturated heterocycles. The number of anilines is 1. The third-order valence-electron chi connectivity index (χ3n) is 7.62. The van der Waals surface area contributed by atoms with Crippen LogP contribution in [-0.2, 0) is 11.4 Å². The second-order valence-corrected chi connectivity index (χ2v) is 10.7. The summed E-state index contributed by atoms with van der Waals surface area (Å²) in [5.41, 5.74) is 5.94. The number of aliphatic hydroxyl groups excluding tert-OH is 1. The minimum absolute atomic E-state index is 0.113. The maximum atomic E-state index is 11.5. The Labute approximate surface area is 228 Å². The number of aliphatic hydroxyl groups is 1. The number of carboxylic acids is 1. The molecule has 6 rings (SSSR count). The number of rotatable bonds is 7. The van der Waals surface area contributed by atoms with E-state index in [0.717, 1.165) is 69.9 Å². The number of halogens is 1. The summed E-state index contributed by atoms with van der Waals surface area (Å²) in [5.74, 6) is 0.867. The smallest absolute Gasteiger partial charge is 0.306 e. The fraction of sp³-hybridized carbons (Fsp3) is 0.357. The van der Waals surface area contributed by atoms with Crippen molar-refractivity contribution in [2.45, 2.75) is 38.2 Å². The number of ether oxygens (including phenoxy) is 1. The summed E-state index contributed by atoms with van der Waals surface area (Å²) in [7, 11) is 1.59. The Morgan fingerprint density at radius 1 is 1.11 bits per heavy atom. The highest BCUT2D eigenvalue weighted by molar-refractivity contribution is 9.10. The zero-order valence-corrected chi connectivity index (χ0v) is 22.6. The van der Waals surface area contributed by atoms with Crippen molar-refractivity contribution in [1.82, 2.24) is 19.6 Å². The number of pyridine rings is 1. The van der Waals surface area contributed by atoms with E-state index in [1.807, 2.05) is 47.2 Å². The van der Waals surface area contributed by atoms with Gasteiger partial charge < -0.3 is 19.8 Å². The molecule has 2 fully saturated rings. The standard InChI is InChI=1S/C28H28BrN5O4/c1-38-23-9-7-18(12-20(23)15-35)22-8-6-19(13-30-22)21-14-31-34-26(21)32-25(24(29)27(34)33-10-11-33)16-2-4-17(5-3-16)28(36)37/h6-9,12-14,16-17,35H,2-5,10-11,15H2,1H3,(H,36,37). The number of hydrogen-bond donors (Lipinski definition) is 2. The number of aromatic nitrogens is 4. The molecule has 0 bridgehead atoms. The SMILES string of the molecule is COc1ccc(-c2ccc(-c3cnn4c(N5CC5)c(Br)c(C5CCC(C(=O)O)CC5)nc34)cn2)cc1CO. The van der Waals surface area contributed by atoms with Crippen LogP contribution < -0.4 is 9.64 Å². The summed E-state index contributed by atoms with van der Waals surface area (Å²) < 4.78 is 8.16. The predicted octanol–water partition coefficient (Wildman–Crippen LogP) is 4.90. The monoisotopic (exact) mass is 577 g/mol. The highest BCUT2D eigenvalue weighted by atomic mass is 79.9. The van der Waals surface area contributed by atoms with E-state index in [-0.39, 0.29) is 18.4 Å². The number of aliphatic carboxylic acids is 1. The van der Waals surface area contributed by atoms with Gasteiger partial charge in [-0.2, -0.15) is 9.61 Å². The van der Waals surface area contributed by atoms with Gasteiger partial charge in [-0.05, 0) is 65.9 Å². The van der Waals surface area contributed by atoms with Crippen molar-refractivity contribution in [3.8, 4) is 28.1 Å². The molecule has 1 aliphatic carbocycles. The van der Waals surface area contributed by atoms with Gasteiger partial charge in [0.2, 0.25) is 0 Å². The van der Waals surface area contributed by atoms with Crippen LogP contribution in [0.25, 0.3) is 28.0 Å². The molecule has 0 radical (unpaired) electrons. The fourth-order valence-corrected chi connectivity index (χ4v) is 6.21. The second-order valence-electron chi connectivity index (χ2n) is 9.92. The number of hydrogen-bond acceptors (Lipinski definition) is 7. The van der Waals surface area contributed by atoms with Crippen molar-refractivity contribution in [2.75, 3.05) is 25.1 Å². The molecule has 4 aromatic rings. The van der Waals surface area contributed by atoms with Crippen LogP contribution in [0.4, 0.5) is 5.82 Å². The predicted molar refractivity (Wildman–Crippen MR) is 146 cm³/mol. The van der Waals surface area contributed by atoms with Crippen molar-refractivity contribution in [2.24, 2.45) is 5.92 Å². The van der Waals surface area contributed by atoms with E-state index in [1.165, 1.54) is 0 Å². The van der Waals surface area contributed by atoms with E-state index in [0.29, 0.717) is 24.2 Å². The van der Waals surface area contributed by atoms with Gasteiger partial charge in [0.15, 0.2) is 5.65 Å². The molecule has 4 heterocycles. The largest absolute Gasteiger partial charge is 0.496 e. The molecule has 38 heavy (non-hydrogen) atoms. The fourth-order valence-electron chi connectivity index (χ4n) is 5.38. The van der Waals surface area contributed by atoms with Gasteiger partial charge in [-0.15, -0.1) is 0 Å². The Kier molecular flexibility index (Phi) is 6.53. The molecule has 9 nitrogen and oxygen atoms in total. The van der Waals surface area contributed by atoms with Crippen LogP contribution in [0.2, 0.25) is 0 Å². The lowest BCUT2D eigenvalue weighted by molar-refractivity contribution is -0.142. The quantitative estimate of drug-likeness (QED) is 0.298. The van der Waals surface area contributed by atoms with Gasteiger partial charge in [-0.3, -0.25) is 9.78 Å². The van der Waals surface area contributed by atoms with Gasteiger partial charge in [-0.25, -0.2) is 4.98 Å². The van der Waals surface area contributed by atoms with Crippen LogP contribution in [0.5, 0.6) is 5.75 Å². The minimum atomic E-state index is -0.702. The van der Waals surface area contributed by atoms with Gasteiger partial charge in [-0.1, -0.05) is 6.07 Å². The van der Waals surface area contributed by atoms with Gasteiger partial charge >= 0.3 is 5.97 Å². The average Bonchev–Trinajstić information content (AvgIpc) is 3.70. The van der Waals surface area contributed by atoms with E-state index in [9.17, 15) is 15.0 Å². The normalized spacial score (nSPS) is 19.1. The highest BCUT2D eigenvalue weighted by Gasteiger charge is 2.33. The number of benzene rings is 1. The molecule has 0 atom stereocenters. The number of carboxylic acid groups (broad SMARTS) is 1. The van der Waals surface area contributed by atoms with Crippen molar-refractivity contribution in [3.63, 3.8) is 0 Å². The average molecular weight is 578 g/mol. The Bertz CT molecular complexity index is 1510. The van der Waals surface area contributed by atoms with Crippen LogP contribution in [0.1, 0.15) is 42.9 Å². The van der Waals surface area contributed by atoms with Gasteiger partial charge in [0.05, 0.1) is 41.7 Å². The second kappa shape index (κ2) is 9.99. The zero-order valence-electron chi connectivity index (χ0n) is 21.0. The summed E-state index contributed by atoms with van der Waals surface area (Å²) in [4.78, 5) is 23.5. The van der Waals surface area contributed by atoms with Crippen molar-refractivity contribution >= 4 is 33.4 Å². The Morgan fingerprint density at radius 3 is 2.50 bits per heavy atom. The molecule has 0 unspecified atom stereocenters. The summed E-state index contributed by atoms with van der Waals surface area (Å²) in [5, 5.41) is 23.8.